The molecule has 0 heterocycles. The van der Waals surface area contributed by atoms with Crippen LogP contribution in [0.15, 0.2) is 23.1 Å². The van der Waals surface area contributed by atoms with Crippen molar-refractivity contribution in [1.82, 2.24) is 4.72 Å². The number of nitrogens with zero attached hydrogens (tertiary/aromatic N) is 1. The zero-order chi connectivity index (χ0) is 16.3. The number of sulfonamides is 1. The molecular formula is C12H18N2O6S. The topological polar surface area (TPSA) is 130 Å². The lowest BCUT2D eigenvalue weighted by Crippen LogP contribution is -2.53. The molecule has 0 aliphatic heterocycles. The predicted molar refractivity (Wildman–Crippen MR) is 75.3 cm³/mol. The third-order valence-corrected chi connectivity index (χ3v) is 5.06. The Balaban J connectivity index is 3.42. The number of aliphatic hydroxyl groups excluding tert-OH is 2. The van der Waals surface area contributed by atoms with Gasteiger partial charge in [-0.15, -0.1) is 0 Å². The first-order valence-electron chi connectivity index (χ1n) is 6.22. The zero-order valence-electron chi connectivity index (χ0n) is 11.7. The highest BCUT2D eigenvalue weighted by Crippen LogP contribution is 2.28. The third kappa shape index (κ3) is 3.56. The van der Waals surface area contributed by atoms with Gasteiger partial charge in [0.15, 0.2) is 4.90 Å². The molecule has 1 aromatic carbocycles. The van der Waals surface area contributed by atoms with E-state index in [1.54, 1.807) is 6.92 Å². The summed E-state index contributed by atoms with van der Waals surface area (Å²) in [5.74, 6) is 0. The second-order valence-electron chi connectivity index (χ2n) is 4.74. The van der Waals surface area contributed by atoms with E-state index in [1.165, 1.54) is 19.1 Å². The summed E-state index contributed by atoms with van der Waals surface area (Å²) in [7, 11) is -4.27. The van der Waals surface area contributed by atoms with Crippen LogP contribution in [0.4, 0.5) is 5.69 Å². The van der Waals surface area contributed by atoms with E-state index >= 15 is 0 Å². The molecule has 0 aromatic heterocycles. The molecule has 0 aliphatic carbocycles. The number of rotatable bonds is 7. The van der Waals surface area contributed by atoms with Crippen molar-refractivity contribution >= 4 is 15.7 Å². The number of aliphatic hydroxyl groups is 2. The molecule has 9 heteroatoms. The fraction of sp³-hybridized carbons (Fsp3) is 0.500. The van der Waals surface area contributed by atoms with Crippen LogP contribution in [0.2, 0.25) is 0 Å². The Morgan fingerprint density at radius 2 is 1.90 bits per heavy atom. The average molecular weight is 318 g/mol. The Bertz CT molecular complexity index is 616. The van der Waals surface area contributed by atoms with Gasteiger partial charge in [-0.1, -0.05) is 19.1 Å². The fourth-order valence-electron chi connectivity index (χ4n) is 1.88. The van der Waals surface area contributed by atoms with Crippen molar-refractivity contribution in [1.29, 1.82) is 0 Å². The summed E-state index contributed by atoms with van der Waals surface area (Å²) in [6.45, 7) is 1.77. The lowest BCUT2D eigenvalue weighted by atomic mass is 10.0. The van der Waals surface area contributed by atoms with Crippen LogP contribution in [-0.2, 0) is 10.0 Å². The van der Waals surface area contributed by atoms with Crippen molar-refractivity contribution in [2.75, 3.05) is 13.2 Å². The Morgan fingerprint density at radius 1 is 1.33 bits per heavy atom. The number of hydrogen-bond acceptors (Lipinski definition) is 6. The molecule has 0 spiro atoms. The molecule has 0 saturated heterocycles. The van der Waals surface area contributed by atoms with Crippen LogP contribution in [0, 0.1) is 17.0 Å². The van der Waals surface area contributed by atoms with Crippen LogP contribution in [0.3, 0.4) is 0 Å². The maximum absolute atomic E-state index is 12.4. The minimum Gasteiger partial charge on any atom is -0.394 e. The molecule has 1 aromatic rings. The molecule has 0 amide bonds. The van der Waals surface area contributed by atoms with Crippen LogP contribution >= 0.6 is 0 Å². The van der Waals surface area contributed by atoms with Crippen LogP contribution < -0.4 is 4.72 Å². The van der Waals surface area contributed by atoms with Crippen LogP contribution in [-0.4, -0.2) is 42.3 Å². The van der Waals surface area contributed by atoms with Gasteiger partial charge < -0.3 is 10.2 Å². The van der Waals surface area contributed by atoms with Gasteiger partial charge in [0.2, 0.25) is 10.0 Å². The van der Waals surface area contributed by atoms with Gasteiger partial charge in [0, 0.05) is 6.07 Å². The molecule has 0 aliphatic rings. The monoisotopic (exact) mass is 318 g/mol. The van der Waals surface area contributed by atoms with Crippen molar-refractivity contribution in [3.8, 4) is 0 Å². The normalized spacial score (nSPS) is 12.4. The van der Waals surface area contributed by atoms with Gasteiger partial charge in [0.1, 0.15) is 0 Å². The maximum Gasteiger partial charge on any atom is 0.289 e. The van der Waals surface area contributed by atoms with Crippen molar-refractivity contribution in [2.24, 2.45) is 0 Å². The lowest BCUT2D eigenvalue weighted by Gasteiger charge is -2.29. The number of hydrogen-bond donors (Lipinski definition) is 3. The zero-order valence-corrected chi connectivity index (χ0v) is 12.6. The Hall–Kier alpha value is -1.55. The van der Waals surface area contributed by atoms with Crippen LogP contribution in [0.5, 0.6) is 0 Å². The molecule has 0 radical (unpaired) electrons. The van der Waals surface area contributed by atoms with E-state index in [9.17, 15) is 28.7 Å². The molecule has 1 rings (SSSR count). The average Bonchev–Trinajstić information content (AvgIpc) is 2.44. The van der Waals surface area contributed by atoms with Gasteiger partial charge in [0.05, 0.1) is 23.7 Å². The van der Waals surface area contributed by atoms with E-state index in [4.69, 9.17) is 0 Å². The van der Waals surface area contributed by atoms with Crippen LogP contribution in [0.1, 0.15) is 18.9 Å². The maximum atomic E-state index is 12.4. The van der Waals surface area contributed by atoms with E-state index in [-0.39, 0.29) is 12.0 Å². The van der Waals surface area contributed by atoms with Crippen molar-refractivity contribution in [2.45, 2.75) is 30.7 Å². The Kier molecular flexibility index (Phi) is 5.40. The Morgan fingerprint density at radius 3 is 2.33 bits per heavy atom. The number of nitro benzene ring substituents is 1. The first-order chi connectivity index (χ1) is 9.73. The fourth-order valence-corrected chi connectivity index (χ4v) is 3.73. The lowest BCUT2D eigenvalue weighted by molar-refractivity contribution is -0.387. The Labute approximate surface area is 122 Å². The van der Waals surface area contributed by atoms with E-state index in [0.29, 0.717) is 0 Å². The SMILES string of the molecule is CCC(CO)(CO)NS(=O)(=O)c1c(C)cccc1[N+](=O)[O-]. The first-order valence-corrected chi connectivity index (χ1v) is 7.71. The molecule has 0 saturated carbocycles. The molecule has 21 heavy (non-hydrogen) atoms. The quantitative estimate of drug-likeness (QED) is 0.490. The molecule has 118 valence electrons. The van der Waals surface area contributed by atoms with E-state index in [1.807, 2.05) is 0 Å². The van der Waals surface area contributed by atoms with Gasteiger partial charge in [-0.05, 0) is 18.9 Å². The molecule has 0 bridgehead atoms. The molecule has 3 N–H and O–H groups in total. The van der Waals surface area contributed by atoms with E-state index in [2.05, 4.69) is 4.72 Å². The van der Waals surface area contributed by atoms with Crippen LogP contribution in [0.25, 0.3) is 0 Å². The van der Waals surface area contributed by atoms with Crippen molar-refractivity contribution in [3.63, 3.8) is 0 Å². The summed E-state index contributed by atoms with van der Waals surface area (Å²) < 4.78 is 27.0. The van der Waals surface area contributed by atoms with E-state index < -0.39 is 44.3 Å². The number of nitro groups is 1. The molecule has 8 nitrogen and oxygen atoms in total. The second-order valence-corrected chi connectivity index (χ2v) is 6.36. The summed E-state index contributed by atoms with van der Waals surface area (Å²) in [5, 5.41) is 29.6. The van der Waals surface area contributed by atoms with Gasteiger partial charge in [-0.2, -0.15) is 0 Å². The smallest absolute Gasteiger partial charge is 0.289 e. The first kappa shape index (κ1) is 17.5. The van der Waals surface area contributed by atoms with Gasteiger partial charge in [-0.25, -0.2) is 13.1 Å². The highest BCUT2D eigenvalue weighted by molar-refractivity contribution is 7.89. The number of nitrogens with one attached hydrogen (secondary N) is 1. The van der Waals surface area contributed by atoms with Crippen molar-refractivity contribution < 1.29 is 23.6 Å². The minimum atomic E-state index is -4.27. The number of aryl methyl sites for hydroxylation is 1. The second kappa shape index (κ2) is 6.48. The third-order valence-electron chi connectivity index (χ3n) is 3.29. The number of benzene rings is 1. The molecule has 0 fully saturated rings. The summed E-state index contributed by atoms with van der Waals surface area (Å²) in [6, 6.07) is 3.91. The highest BCUT2D eigenvalue weighted by Gasteiger charge is 2.36. The molecule has 0 unspecified atom stereocenters. The van der Waals surface area contributed by atoms with Gasteiger partial charge in [0.25, 0.3) is 5.69 Å². The summed E-state index contributed by atoms with van der Waals surface area (Å²) in [5.41, 5.74) is -1.81. The minimum absolute atomic E-state index is 0.124. The largest absolute Gasteiger partial charge is 0.394 e. The van der Waals surface area contributed by atoms with Crippen molar-refractivity contribution in [3.05, 3.63) is 33.9 Å². The molecule has 0 atom stereocenters. The summed E-state index contributed by atoms with van der Waals surface area (Å²) >= 11 is 0. The van der Waals surface area contributed by atoms with Gasteiger partial charge in [-0.3, -0.25) is 10.1 Å². The summed E-state index contributed by atoms with van der Waals surface area (Å²) in [6.07, 6.45) is 0.124. The summed E-state index contributed by atoms with van der Waals surface area (Å²) in [4.78, 5) is 9.76. The van der Waals surface area contributed by atoms with E-state index in [0.717, 1.165) is 6.07 Å². The van der Waals surface area contributed by atoms with Gasteiger partial charge >= 0.3 is 0 Å². The standard InChI is InChI=1S/C12H18N2O6S/c1-3-12(7-15,8-16)13-21(19,20)11-9(2)5-4-6-10(11)14(17)18/h4-6,13,15-16H,3,7-8H2,1-2H3. The molecular weight excluding hydrogens is 300 g/mol. The highest BCUT2D eigenvalue weighted by atomic mass is 32.2. The predicted octanol–water partition coefficient (Wildman–Crippen LogP) is 0.315.